The summed E-state index contributed by atoms with van der Waals surface area (Å²) >= 11 is 0. The van der Waals surface area contributed by atoms with Crippen molar-refractivity contribution in [1.29, 1.82) is 0 Å². The lowest BCUT2D eigenvalue weighted by atomic mass is 9.58. The van der Waals surface area contributed by atoms with Crippen molar-refractivity contribution in [2.45, 2.75) is 89.7 Å². The third-order valence-corrected chi connectivity index (χ3v) is 8.26. The molecule has 2 heterocycles. The van der Waals surface area contributed by atoms with Crippen LogP contribution in [0, 0.1) is 23.7 Å². The van der Waals surface area contributed by atoms with Crippen molar-refractivity contribution < 1.29 is 49.0 Å². The van der Waals surface area contributed by atoms with Crippen LogP contribution in [0.25, 0.3) is 0 Å². The Labute approximate surface area is 216 Å². The van der Waals surface area contributed by atoms with E-state index in [1.54, 1.807) is 13.0 Å². The first-order valence-electron chi connectivity index (χ1n) is 13.0. The van der Waals surface area contributed by atoms with Crippen molar-refractivity contribution in [1.82, 2.24) is 0 Å². The molecule has 8 atom stereocenters. The van der Waals surface area contributed by atoms with E-state index in [0.717, 1.165) is 12.8 Å². The number of benzene rings is 1. The summed E-state index contributed by atoms with van der Waals surface area (Å²) in [5, 5.41) is 41.4. The van der Waals surface area contributed by atoms with Gasteiger partial charge in [0, 0.05) is 24.7 Å². The average Bonchev–Trinajstić information content (AvgIpc) is 2.93. The van der Waals surface area contributed by atoms with Crippen LogP contribution in [0.1, 0.15) is 64.9 Å². The SMILES string of the molecule is C[C@H]1[C@H](OC(=O)CCC(=O)OCCc2ccc(O)c(O)c2)O[C@@H]2OC(C)(O)CC[C@H]3[C@H](C)CC[C@@H]1[C@@]23O. The molecule has 10 nitrogen and oxygen atoms in total. The van der Waals surface area contributed by atoms with Crippen molar-refractivity contribution in [2.24, 2.45) is 23.7 Å². The molecule has 0 bridgehead atoms. The number of hydrogen-bond acceptors (Lipinski definition) is 10. The van der Waals surface area contributed by atoms with Crippen molar-refractivity contribution in [3.63, 3.8) is 0 Å². The van der Waals surface area contributed by atoms with Gasteiger partial charge in [-0.25, -0.2) is 0 Å². The van der Waals surface area contributed by atoms with Gasteiger partial charge in [-0.1, -0.05) is 19.9 Å². The van der Waals surface area contributed by atoms with Crippen molar-refractivity contribution in [3.05, 3.63) is 23.8 Å². The zero-order valence-corrected chi connectivity index (χ0v) is 21.6. The van der Waals surface area contributed by atoms with Crippen LogP contribution in [0.15, 0.2) is 18.2 Å². The molecular weight excluding hydrogens is 484 g/mol. The maximum atomic E-state index is 12.6. The third-order valence-electron chi connectivity index (χ3n) is 8.26. The van der Waals surface area contributed by atoms with Gasteiger partial charge in [-0.2, -0.15) is 0 Å². The molecule has 4 N–H and O–H groups in total. The predicted molar refractivity (Wildman–Crippen MR) is 129 cm³/mol. The minimum Gasteiger partial charge on any atom is -0.504 e. The van der Waals surface area contributed by atoms with Crippen molar-refractivity contribution in [3.8, 4) is 11.5 Å². The van der Waals surface area contributed by atoms with Gasteiger partial charge in [0.1, 0.15) is 5.60 Å². The molecule has 2 aliphatic heterocycles. The monoisotopic (exact) mass is 522 g/mol. The fourth-order valence-electron chi connectivity index (χ4n) is 6.14. The van der Waals surface area contributed by atoms with Crippen molar-refractivity contribution >= 4 is 11.9 Å². The summed E-state index contributed by atoms with van der Waals surface area (Å²) in [4.78, 5) is 24.7. The highest BCUT2D eigenvalue weighted by molar-refractivity contribution is 5.77. The van der Waals surface area contributed by atoms with Crippen LogP contribution >= 0.6 is 0 Å². The molecule has 1 aromatic carbocycles. The maximum absolute atomic E-state index is 12.6. The van der Waals surface area contributed by atoms with Gasteiger partial charge in [-0.15, -0.1) is 0 Å². The first-order valence-corrected chi connectivity index (χ1v) is 13.0. The topological polar surface area (TPSA) is 152 Å². The Morgan fingerprint density at radius 3 is 2.49 bits per heavy atom. The fraction of sp³-hybridized carbons (Fsp3) is 0.704. The van der Waals surface area contributed by atoms with Crippen LogP contribution in [-0.4, -0.2) is 62.9 Å². The standard InChI is InChI=1S/C27H38O10/c1-15-4-6-19-16(2)24(36-25-27(19,33)18(15)10-12-26(3,32)37-25)35-23(31)9-8-22(30)34-13-11-17-5-7-20(28)21(29)14-17/h5,7,14-16,18-19,24-25,28-29,32-33H,4,6,8-13H2,1-3H3/t15-,16-,18+,19+,24-,25-,26?,27-/m1/s1. The lowest BCUT2D eigenvalue weighted by molar-refractivity contribution is -0.403. The summed E-state index contributed by atoms with van der Waals surface area (Å²) in [6.45, 7) is 5.58. The lowest BCUT2D eigenvalue weighted by Crippen LogP contribution is -2.67. The Morgan fingerprint density at radius 1 is 1.03 bits per heavy atom. The summed E-state index contributed by atoms with van der Waals surface area (Å²) in [7, 11) is 0. The molecule has 0 aromatic heterocycles. The number of carbonyl (C=O) groups excluding carboxylic acids is 2. The second kappa shape index (κ2) is 10.8. The molecule has 4 rings (SSSR count). The first kappa shape index (κ1) is 27.6. The van der Waals surface area contributed by atoms with E-state index in [1.165, 1.54) is 12.1 Å². The number of aliphatic hydroxyl groups is 2. The zero-order chi connectivity index (χ0) is 27.0. The molecule has 3 aliphatic rings. The van der Waals surface area contributed by atoms with Gasteiger partial charge in [-0.05, 0) is 55.7 Å². The van der Waals surface area contributed by atoms with E-state index in [9.17, 15) is 30.0 Å². The van der Waals surface area contributed by atoms with Gasteiger partial charge in [0.05, 0.1) is 19.4 Å². The first-order chi connectivity index (χ1) is 17.4. The Bertz CT molecular complexity index is 993. The molecule has 0 amide bonds. The van der Waals surface area contributed by atoms with E-state index in [1.807, 2.05) is 6.92 Å². The van der Waals surface area contributed by atoms with Crippen LogP contribution in [-0.2, 0) is 35.0 Å². The van der Waals surface area contributed by atoms with Gasteiger partial charge in [-0.3, -0.25) is 9.59 Å². The summed E-state index contributed by atoms with van der Waals surface area (Å²) in [6.07, 6.45) is 0.440. The van der Waals surface area contributed by atoms with Gasteiger partial charge in [0.2, 0.25) is 6.29 Å². The summed E-state index contributed by atoms with van der Waals surface area (Å²) < 4.78 is 22.6. The van der Waals surface area contributed by atoms with Gasteiger partial charge >= 0.3 is 11.9 Å². The number of phenols is 2. The van der Waals surface area contributed by atoms with Crippen LogP contribution < -0.4 is 0 Å². The van der Waals surface area contributed by atoms with E-state index >= 15 is 0 Å². The van der Waals surface area contributed by atoms with Gasteiger partial charge < -0.3 is 39.4 Å². The second-order valence-corrected chi connectivity index (χ2v) is 11.0. The number of carbonyl (C=O) groups is 2. The Hall–Kier alpha value is -2.40. The molecule has 10 heteroatoms. The van der Waals surface area contributed by atoms with Gasteiger partial charge in [0.25, 0.3) is 0 Å². The smallest absolute Gasteiger partial charge is 0.308 e. The number of rotatable bonds is 7. The van der Waals surface area contributed by atoms with Crippen molar-refractivity contribution in [2.75, 3.05) is 6.61 Å². The van der Waals surface area contributed by atoms with Crippen LogP contribution in [0.5, 0.6) is 11.5 Å². The van der Waals surface area contributed by atoms with E-state index in [2.05, 4.69) is 6.92 Å². The van der Waals surface area contributed by atoms with Gasteiger partial charge in [0.15, 0.2) is 23.6 Å². The fourth-order valence-corrected chi connectivity index (χ4v) is 6.14. The lowest BCUT2D eigenvalue weighted by Gasteiger charge is -2.57. The van der Waals surface area contributed by atoms with E-state index in [0.29, 0.717) is 24.8 Å². The largest absolute Gasteiger partial charge is 0.504 e. The molecule has 206 valence electrons. The Kier molecular flexibility index (Phi) is 8.04. The molecule has 3 fully saturated rings. The van der Waals surface area contributed by atoms with Crippen LogP contribution in [0.2, 0.25) is 0 Å². The van der Waals surface area contributed by atoms with E-state index < -0.39 is 35.9 Å². The number of aromatic hydroxyl groups is 2. The normalized spacial score (nSPS) is 37.2. The summed E-state index contributed by atoms with van der Waals surface area (Å²) in [6, 6.07) is 4.35. The highest BCUT2D eigenvalue weighted by Gasteiger charge is 2.64. The highest BCUT2D eigenvalue weighted by Crippen LogP contribution is 2.55. The van der Waals surface area contributed by atoms with Crippen LogP contribution in [0.3, 0.4) is 0 Å². The zero-order valence-electron chi connectivity index (χ0n) is 21.6. The molecule has 0 spiro atoms. The quantitative estimate of drug-likeness (QED) is 0.311. The molecule has 1 aliphatic carbocycles. The molecule has 2 saturated heterocycles. The Morgan fingerprint density at radius 2 is 1.76 bits per heavy atom. The average molecular weight is 523 g/mol. The van der Waals surface area contributed by atoms with E-state index in [4.69, 9.17) is 18.9 Å². The molecule has 1 aromatic rings. The molecule has 37 heavy (non-hydrogen) atoms. The van der Waals surface area contributed by atoms with E-state index in [-0.39, 0.29) is 54.6 Å². The highest BCUT2D eigenvalue weighted by atomic mass is 16.8. The minimum atomic E-state index is -1.47. The Balaban J connectivity index is 1.30. The number of hydrogen-bond donors (Lipinski definition) is 4. The molecular formula is C27H38O10. The minimum absolute atomic E-state index is 0.0552. The number of esters is 2. The molecule has 1 saturated carbocycles. The second-order valence-electron chi connectivity index (χ2n) is 11.0. The predicted octanol–water partition coefficient (Wildman–Crippen LogP) is 2.74. The number of ether oxygens (including phenoxy) is 4. The third kappa shape index (κ3) is 5.87. The summed E-state index contributed by atoms with van der Waals surface area (Å²) in [5.41, 5.74) is -0.608. The number of phenolic OH excluding ortho intramolecular Hbond substituents is 2. The molecule has 1 unspecified atom stereocenters. The summed E-state index contributed by atoms with van der Waals surface area (Å²) in [5.74, 6) is -3.56. The van der Waals surface area contributed by atoms with Crippen LogP contribution in [0.4, 0.5) is 0 Å². The molecule has 0 radical (unpaired) electrons. The maximum Gasteiger partial charge on any atom is 0.308 e.